The molecule has 23 heavy (non-hydrogen) atoms. The predicted octanol–water partition coefficient (Wildman–Crippen LogP) is 4.50. The summed E-state index contributed by atoms with van der Waals surface area (Å²) in [7, 11) is -1.13. The van der Waals surface area contributed by atoms with Crippen molar-refractivity contribution in [3.63, 3.8) is 0 Å². The zero-order chi connectivity index (χ0) is 17.6. The molecule has 0 N–H and O–H groups in total. The summed E-state index contributed by atoms with van der Waals surface area (Å²) in [6.07, 6.45) is 2.73. The predicted molar refractivity (Wildman–Crippen MR) is 98.2 cm³/mol. The summed E-state index contributed by atoms with van der Waals surface area (Å²) < 4.78 is 11.8. The summed E-state index contributed by atoms with van der Waals surface area (Å²) in [4.78, 5) is 11.4. The monoisotopic (exact) mass is 357 g/mol. The van der Waals surface area contributed by atoms with Crippen LogP contribution in [-0.2, 0) is 4.43 Å². The Morgan fingerprint density at radius 3 is 2.48 bits per heavy atom. The number of nitro benzene ring substituents is 1. The van der Waals surface area contributed by atoms with Gasteiger partial charge in [-0.2, -0.15) is 0 Å². The molecule has 0 aromatic heterocycles. The summed E-state index contributed by atoms with van der Waals surface area (Å²) in [5.74, 6) is 0.531. The Labute approximate surface area is 144 Å². The van der Waals surface area contributed by atoms with E-state index in [0.29, 0.717) is 17.3 Å². The van der Waals surface area contributed by atoms with Crippen molar-refractivity contribution < 1.29 is 14.1 Å². The average molecular weight is 358 g/mol. The van der Waals surface area contributed by atoms with Gasteiger partial charge in [0.25, 0.3) is 5.69 Å². The Morgan fingerprint density at radius 1 is 1.35 bits per heavy atom. The smallest absolute Gasteiger partial charge is 0.286 e. The molecule has 0 aliphatic heterocycles. The van der Waals surface area contributed by atoms with Gasteiger partial charge in [-0.15, -0.1) is 11.8 Å². The molecule has 130 valence electrons. The third kappa shape index (κ3) is 6.53. The highest BCUT2D eigenvalue weighted by atomic mass is 32.2. The second-order valence-corrected chi connectivity index (χ2v) is 9.99. The zero-order valence-corrected chi connectivity index (χ0v) is 16.8. The Kier molecular flexibility index (Phi) is 7.56. The van der Waals surface area contributed by atoms with Crippen molar-refractivity contribution in [3.05, 3.63) is 28.3 Å². The molecule has 0 spiro atoms. The maximum absolute atomic E-state index is 11.1. The fourth-order valence-electron chi connectivity index (χ4n) is 2.22. The number of hydrogen-bond acceptors (Lipinski definition) is 5. The number of nitro groups is 1. The Balaban J connectivity index is 2.70. The van der Waals surface area contributed by atoms with E-state index in [-0.39, 0.29) is 22.1 Å². The molecular weight excluding hydrogens is 330 g/mol. The van der Waals surface area contributed by atoms with Crippen LogP contribution in [0.4, 0.5) is 5.69 Å². The van der Waals surface area contributed by atoms with Crippen molar-refractivity contribution in [2.24, 2.45) is 5.41 Å². The number of hydrogen-bond donors (Lipinski definition) is 0. The van der Waals surface area contributed by atoms with E-state index in [1.54, 1.807) is 12.1 Å². The van der Waals surface area contributed by atoms with Gasteiger partial charge in [-0.1, -0.05) is 20.8 Å². The quantitative estimate of drug-likeness (QED) is 0.297. The van der Waals surface area contributed by atoms with Gasteiger partial charge < -0.3 is 9.16 Å². The van der Waals surface area contributed by atoms with E-state index in [4.69, 9.17) is 9.16 Å². The molecule has 1 unspecified atom stereocenters. The molecule has 1 atom stereocenters. The molecule has 1 aromatic carbocycles. The standard InChI is InChI=1S/C16H27NO4SSi/c1-16(2,3)15(21-23(5)6)9-10-20-12-7-8-14(22-4)13(11-12)17(18)19/h7-8,11,15,23H,9-10H2,1-6H3. The summed E-state index contributed by atoms with van der Waals surface area (Å²) in [5, 5.41) is 11.1. The number of nitrogens with zero attached hydrogens (tertiary/aromatic N) is 1. The van der Waals surface area contributed by atoms with Crippen LogP contribution in [0.3, 0.4) is 0 Å². The maximum Gasteiger partial charge on any atom is 0.286 e. The molecule has 0 amide bonds. The topological polar surface area (TPSA) is 61.6 Å². The first-order chi connectivity index (χ1) is 10.6. The Morgan fingerprint density at radius 2 is 2.00 bits per heavy atom. The van der Waals surface area contributed by atoms with Crippen LogP contribution in [0.1, 0.15) is 27.2 Å². The van der Waals surface area contributed by atoms with Crippen molar-refractivity contribution in [2.45, 2.75) is 51.3 Å². The Hall–Kier alpha value is -1.05. The van der Waals surface area contributed by atoms with Crippen molar-refractivity contribution in [1.82, 2.24) is 0 Å². The lowest BCUT2D eigenvalue weighted by Crippen LogP contribution is -2.34. The molecule has 1 aromatic rings. The zero-order valence-electron chi connectivity index (χ0n) is 14.8. The SMILES string of the molecule is CSc1ccc(OCCC(O[SiH](C)C)C(C)(C)C)cc1[N+](=O)[O-]. The fraction of sp³-hybridized carbons (Fsp3) is 0.625. The number of rotatable bonds is 8. The van der Waals surface area contributed by atoms with Gasteiger partial charge in [0, 0.05) is 6.42 Å². The van der Waals surface area contributed by atoms with Crippen LogP contribution >= 0.6 is 11.8 Å². The second kappa shape index (κ2) is 8.70. The van der Waals surface area contributed by atoms with Gasteiger partial charge >= 0.3 is 0 Å². The number of thioether (sulfide) groups is 1. The maximum atomic E-state index is 11.1. The van der Waals surface area contributed by atoms with Crippen LogP contribution < -0.4 is 4.74 Å². The summed E-state index contributed by atoms with van der Waals surface area (Å²) in [6.45, 7) is 11.3. The minimum absolute atomic E-state index is 0.0509. The van der Waals surface area contributed by atoms with Crippen LogP contribution in [-0.4, -0.2) is 32.9 Å². The summed E-state index contributed by atoms with van der Waals surface area (Å²) >= 11 is 1.36. The molecule has 5 nitrogen and oxygen atoms in total. The van der Waals surface area contributed by atoms with Crippen molar-refractivity contribution in [3.8, 4) is 5.75 Å². The van der Waals surface area contributed by atoms with E-state index >= 15 is 0 Å². The van der Waals surface area contributed by atoms with Gasteiger partial charge in [0.05, 0.1) is 28.6 Å². The van der Waals surface area contributed by atoms with Crippen molar-refractivity contribution >= 4 is 26.5 Å². The van der Waals surface area contributed by atoms with Crippen molar-refractivity contribution in [2.75, 3.05) is 12.9 Å². The molecule has 0 aliphatic carbocycles. The van der Waals surface area contributed by atoms with Crippen LogP contribution in [0.5, 0.6) is 5.75 Å². The van der Waals surface area contributed by atoms with Crippen LogP contribution in [0.15, 0.2) is 23.1 Å². The molecule has 0 bridgehead atoms. The highest BCUT2D eigenvalue weighted by Crippen LogP contribution is 2.31. The molecule has 0 aliphatic rings. The molecular formula is C16H27NO4SSi. The third-order valence-corrected chi connectivity index (χ3v) is 5.06. The molecule has 0 heterocycles. The first-order valence-electron chi connectivity index (χ1n) is 7.75. The highest BCUT2D eigenvalue weighted by molar-refractivity contribution is 7.98. The van der Waals surface area contributed by atoms with Gasteiger partial charge in [0.15, 0.2) is 9.04 Å². The first-order valence-corrected chi connectivity index (χ1v) is 11.8. The lowest BCUT2D eigenvalue weighted by Gasteiger charge is -2.32. The van der Waals surface area contributed by atoms with Gasteiger partial charge in [-0.25, -0.2) is 0 Å². The largest absolute Gasteiger partial charge is 0.493 e. The molecule has 0 saturated heterocycles. The van der Waals surface area contributed by atoms with Gasteiger partial charge in [0.1, 0.15) is 5.75 Å². The fourth-order valence-corrected chi connectivity index (χ4v) is 3.97. The highest BCUT2D eigenvalue weighted by Gasteiger charge is 2.26. The number of benzene rings is 1. The van der Waals surface area contributed by atoms with E-state index in [0.717, 1.165) is 6.42 Å². The van der Waals surface area contributed by atoms with Crippen LogP contribution in [0, 0.1) is 15.5 Å². The third-order valence-electron chi connectivity index (χ3n) is 3.40. The lowest BCUT2D eigenvalue weighted by molar-refractivity contribution is -0.387. The normalized spacial score (nSPS) is 13.2. The number of ether oxygens (including phenoxy) is 1. The van der Waals surface area contributed by atoms with Crippen LogP contribution in [0.25, 0.3) is 0 Å². The summed E-state index contributed by atoms with van der Waals surface area (Å²) in [6, 6.07) is 5.01. The van der Waals surface area contributed by atoms with Gasteiger partial charge in [0.2, 0.25) is 0 Å². The van der Waals surface area contributed by atoms with Gasteiger partial charge in [-0.05, 0) is 36.9 Å². The van der Waals surface area contributed by atoms with E-state index in [1.165, 1.54) is 17.8 Å². The van der Waals surface area contributed by atoms with Gasteiger partial charge in [-0.3, -0.25) is 10.1 Å². The molecule has 0 radical (unpaired) electrons. The first kappa shape index (κ1) is 20.0. The minimum atomic E-state index is -1.13. The van der Waals surface area contributed by atoms with E-state index in [9.17, 15) is 10.1 Å². The van der Waals surface area contributed by atoms with E-state index in [2.05, 4.69) is 33.9 Å². The molecule has 1 rings (SSSR count). The van der Waals surface area contributed by atoms with Crippen LogP contribution in [0.2, 0.25) is 13.1 Å². The van der Waals surface area contributed by atoms with E-state index < -0.39 is 9.04 Å². The average Bonchev–Trinajstić information content (AvgIpc) is 2.44. The second-order valence-electron chi connectivity index (χ2n) is 6.77. The van der Waals surface area contributed by atoms with Crippen molar-refractivity contribution in [1.29, 1.82) is 0 Å². The minimum Gasteiger partial charge on any atom is -0.493 e. The summed E-state index contributed by atoms with van der Waals surface area (Å²) in [5.41, 5.74) is 0.142. The Bertz CT molecular complexity index is 531. The lowest BCUT2D eigenvalue weighted by atomic mass is 9.87. The van der Waals surface area contributed by atoms with E-state index in [1.807, 2.05) is 6.26 Å². The molecule has 7 heteroatoms. The molecule has 0 saturated carbocycles. The molecule has 0 fully saturated rings.